The van der Waals surface area contributed by atoms with Crippen LogP contribution < -0.4 is 0 Å². The number of carbonyl (C=O) groups excluding carboxylic acids is 1. The molecule has 4 heteroatoms. The van der Waals surface area contributed by atoms with Crippen LogP contribution in [0.5, 0.6) is 0 Å². The molecule has 0 amide bonds. The molecule has 2 aliphatic carbocycles. The number of allylic oxidation sites excluding steroid dienone is 1. The highest BCUT2D eigenvalue weighted by molar-refractivity contribution is 5.92. The summed E-state index contributed by atoms with van der Waals surface area (Å²) >= 11 is 0. The standard InChI is InChI=1S/C16H22O4/c1-15(2)7-4-8-16-10(15)6-5-9-11(16)13(19-12(9)17)20-14(16)18-3/h5,10-11,13-14H,4,6-8H2,1-3H3/t10-,11+,13+,14-,16+/m0/s1. The minimum absolute atomic E-state index is 0.0678. The molecular formula is C16H22O4. The van der Waals surface area contributed by atoms with Gasteiger partial charge in [0, 0.05) is 18.1 Å². The first-order valence-corrected chi connectivity index (χ1v) is 7.60. The minimum atomic E-state index is -0.435. The lowest BCUT2D eigenvalue weighted by atomic mass is 9.48. The quantitative estimate of drug-likeness (QED) is 0.692. The number of rotatable bonds is 1. The van der Waals surface area contributed by atoms with Crippen LogP contribution in [-0.4, -0.2) is 25.7 Å². The van der Waals surface area contributed by atoms with E-state index in [1.165, 1.54) is 6.42 Å². The van der Waals surface area contributed by atoms with Crippen molar-refractivity contribution in [2.24, 2.45) is 22.7 Å². The third-order valence-corrected chi connectivity index (χ3v) is 6.15. The molecule has 2 saturated heterocycles. The number of esters is 1. The molecular weight excluding hydrogens is 256 g/mol. The lowest BCUT2D eigenvalue weighted by Gasteiger charge is -2.55. The average Bonchev–Trinajstić information content (AvgIpc) is 2.88. The van der Waals surface area contributed by atoms with Crippen LogP contribution in [-0.2, 0) is 19.0 Å². The highest BCUT2D eigenvalue weighted by Gasteiger charge is 2.70. The van der Waals surface area contributed by atoms with Crippen LogP contribution >= 0.6 is 0 Å². The monoisotopic (exact) mass is 278 g/mol. The lowest BCUT2D eigenvalue weighted by Crippen LogP contribution is -2.54. The van der Waals surface area contributed by atoms with Crippen LogP contribution in [0.2, 0.25) is 0 Å². The van der Waals surface area contributed by atoms with Gasteiger partial charge in [0.2, 0.25) is 6.29 Å². The maximum absolute atomic E-state index is 12.0. The van der Waals surface area contributed by atoms with Crippen molar-refractivity contribution >= 4 is 5.97 Å². The molecule has 4 aliphatic rings. The zero-order chi connectivity index (χ0) is 14.1. The number of methoxy groups -OCH3 is 1. The van der Waals surface area contributed by atoms with Gasteiger partial charge in [0.15, 0.2) is 6.29 Å². The largest absolute Gasteiger partial charge is 0.432 e. The predicted octanol–water partition coefficient (Wildman–Crippen LogP) is 2.63. The smallest absolute Gasteiger partial charge is 0.336 e. The summed E-state index contributed by atoms with van der Waals surface area (Å²) < 4.78 is 17.1. The second-order valence-electron chi connectivity index (χ2n) is 7.36. The Morgan fingerprint density at radius 3 is 2.90 bits per heavy atom. The topological polar surface area (TPSA) is 44.8 Å². The van der Waals surface area contributed by atoms with E-state index in [2.05, 4.69) is 19.9 Å². The van der Waals surface area contributed by atoms with Gasteiger partial charge >= 0.3 is 5.97 Å². The van der Waals surface area contributed by atoms with Crippen molar-refractivity contribution in [3.8, 4) is 0 Å². The molecule has 5 atom stereocenters. The van der Waals surface area contributed by atoms with E-state index in [0.717, 1.165) is 24.8 Å². The van der Waals surface area contributed by atoms with Crippen LogP contribution in [0.15, 0.2) is 11.6 Å². The third-order valence-electron chi connectivity index (χ3n) is 6.15. The Bertz CT molecular complexity index is 495. The van der Waals surface area contributed by atoms with E-state index in [0.29, 0.717) is 5.92 Å². The highest BCUT2D eigenvalue weighted by Crippen LogP contribution is 2.67. The molecule has 1 spiro atoms. The van der Waals surface area contributed by atoms with Gasteiger partial charge in [0.05, 0.1) is 5.92 Å². The minimum Gasteiger partial charge on any atom is -0.432 e. The fraction of sp³-hybridized carbons (Fsp3) is 0.812. The summed E-state index contributed by atoms with van der Waals surface area (Å²) in [5.74, 6) is 0.371. The molecule has 0 bridgehead atoms. The van der Waals surface area contributed by atoms with Gasteiger partial charge in [-0.3, -0.25) is 0 Å². The SMILES string of the molecule is CO[C@H]1O[C@H]2OC(=O)C3=CC[C@H]4C(C)(C)CCC[C@@]14[C@H]32. The Kier molecular flexibility index (Phi) is 2.48. The van der Waals surface area contributed by atoms with Gasteiger partial charge in [0.1, 0.15) is 0 Å². The fourth-order valence-electron chi connectivity index (χ4n) is 5.41. The van der Waals surface area contributed by atoms with E-state index in [1.54, 1.807) is 7.11 Å². The van der Waals surface area contributed by atoms with E-state index in [4.69, 9.17) is 14.2 Å². The van der Waals surface area contributed by atoms with E-state index in [1.807, 2.05) is 0 Å². The summed E-state index contributed by atoms with van der Waals surface area (Å²) in [5.41, 5.74) is 1.00. The summed E-state index contributed by atoms with van der Waals surface area (Å²) in [4.78, 5) is 12.0. The Balaban J connectivity index is 1.88. The molecule has 2 aliphatic heterocycles. The van der Waals surface area contributed by atoms with E-state index < -0.39 is 6.29 Å². The second-order valence-corrected chi connectivity index (χ2v) is 7.36. The van der Waals surface area contributed by atoms with E-state index >= 15 is 0 Å². The van der Waals surface area contributed by atoms with Crippen molar-refractivity contribution in [1.82, 2.24) is 0 Å². The van der Waals surface area contributed by atoms with Crippen LogP contribution in [0.3, 0.4) is 0 Å². The van der Waals surface area contributed by atoms with Crippen molar-refractivity contribution in [1.29, 1.82) is 0 Å². The molecule has 0 unspecified atom stereocenters. The van der Waals surface area contributed by atoms with Crippen LogP contribution in [0, 0.1) is 22.7 Å². The Morgan fingerprint density at radius 1 is 1.35 bits per heavy atom. The van der Waals surface area contributed by atoms with Gasteiger partial charge in [-0.05, 0) is 30.6 Å². The third kappa shape index (κ3) is 1.32. The van der Waals surface area contributed by atoms with Gasteiger partial charge in [-0.25, -0.2) is 4.79 Å². The molecule has 20 heavy (non-hydrogen) atoms. The van der Waals surface area contributed by atoms with E-state index in [9.17, 15) is 4.79 Å². The maximum atomic E-state index is 12.0. The molecule has 4 rings (SSSR count). The second kappa shape index (κ2) is 3.86. The molecule has 1 saturated carbocycles. The van der Waals surface area contributed by atoms with Crippen LogP contribution in [0.4, 0.5) is 0 Å². The molecule has 0 radical (unpaired) electrons. The first-order chi connectivity index (χ1) is 9.50. The molecule has 0 N–H and O–H groups in total. The lowest BCUT2D eigenvalue weighted by molar-refractivity contribution is -0.225. The molecule has 0 aromatic rings. The van der Waals surface area contributed by atoms with Crippen molar-refractivity contribution < 1.29 is 19.0 Å². The number of carbonyl (C=O) groups is 1. The van der Waals surface area contributed by atoms with Gasteiger partial charge in [0.25, 0.3) is 0 Å². The summed E-state index contributed by atoms with van der Waals surface area (Å²) in [6, 6.07) is 0. The summed E-state index contributed by atoms with van der Waals surface area (Å²) in [6.45, 7) is 4.68. The zero-order valence-corrected chi connectivity index (χ0v) is 12.3. The zero-order valence-electron chi connectivity index (χ0n) is 12.3. The van der Waals surface area contributed by atoms with Crippen molar-refractivity contribution in [2.45, 2.75) is 52.1 Å². The first-order valence-electron chi connectivity index (χ1n) is 7.60. The molecule has 110 valence electrons. The Morgan fingerprint density at radius 2 is 2.15 bits per heavy atom. The van der Waals surface area contributed by atoms with Gasteiger partial charge in [-0.1, -0.05) is 26.3 Å². The van der Waals surface area contributed by atoms with Gasteiger partial charge < -0.3 is 14.2 Å². The summed E-state index contributed by atoms with van der Waals surface area (Å²) in [7, 11) is 1.71. The molecule has 2 heterocycles. The van der Waals surface area contributed by atoms with E-state index in [-0.39, 0.29) is 29.0 Å². The number of hydrogen-bond acceptors (Lipinski definition) is 4. The number of ether oxygens (including phenoxy) is 3. The van der Waals surface area contributed by atoms with Gasteiger partial charge in [-0.15, -0.1) is 0 Å². The molecule has 0 aromatic carbocycles. The predicted molar refractivity (Wildman–Crippen MR) is 71.5 cm³/mol. The average molecular weight is 278 g/mol. The Labute approximate surface area is 119 Å². The summed E-state index contributed by atoms with van der Waals surface area (Å²) in [5, 5.41) is 0. The highest BCUT2D eigenvalue weighted by atomic mass is 16.8. The molecule has 3 fully saturated rings. The van der Waals surface area contributed by atoms with Crippen molar-refractivity contribution in [3.05, 3.63) is 11.6 Å². The number of hydrogen-bond donors (Lipinski definition) is 0. The molecule has 0 aromatic heterocycles. The van der Waals surface area contributed by atoms with Crippen molar-refractivity contribution in [3.63, 3.8) is 0 Å². The summed E-state index contributed by atoms with van der Waals surface area (Å²) in [6.07, 6.45) is 5.81. The Hall–Kier alpha value is -0.870. The molecule has 4 nitrogen and oxygen atoms in total. The maximum Gasteiger partial charge on any atom is 0.336 e. The first kappa shape index (κ1) is 12.8. The van der Waals surface area contributed by atoms with Crippen LogP contribution in [0.1, 0.15) is 39.5 Å². The fourth-order valence-corrected chi connectivity index (χ4v) is 5.41. The van der Waals surface area contributed by atoms with Crippen LogP contribution in [0.25, 0.3) is 0 Å². The normalized spacial score (nSPS) is 48.4. The van der Waals surface area contributed by atoms with Crippen molar-refractivity contribution in [2.75, 3.05) is 7.11 Å². The van der Waals surface area contributed by atoms with Gasteiger partial charge in [-0.2, -0.15) is 0 Å².